The summed E-state index contributed by atoms with van der Waals surface area (Å²) in [6.45, 7) is 1.48. The van der Waals surface area contributed by atoms with Gasteiger partial charge in [-0.05, 0) is 59.2 Å². The van der Waals surface area contributed by atoms with Crippen LogP contribution in [0, 0.1) is 0 Å². The highest BCUT2D eigenvalue weighted by Gasteiger charge is 2.31. The first kappa shape index (κ1) is 17.9. The maximum Gasteiger partial charge on any atom is 0.394 e. The second kappa shape index (κ2) is 7.18. The molecule has 0 amide bonds. The van der Waals surface area contributed by atoms with Gasteiger partial charge in [0.2, 0.25) is 0 Å². The van der Waals surface area contributed by atoms with Crippen LogP contribution in [0.2, 0.25) is 0 Å². The third-order valence-electron chi connectivity index (χ3n) is 3.14. The van der Waals surface area contributed by atoms with Crippen molar-refractivity contribution in [2.24, 2.45) is 5.73 Å². The van der Waals surface area contributed by atoms with E-state index in [-0.39, 0.29) is 5.78 Å². The van der Waals surface area contributed by atoms with Crippen LogP contribution in [0.1, 0.15) is 12.5 Å². The van der Waals surface area contributed by atoms with E-state index in [1.165, 1.54) is 6.92 Å². The number of ketones is 1. The van der Waals surface area contributed by atoms with Crippen LogP contribution in [-0.4, -0.2) is 49.4 Å². The molecule has 0 aliphatic carbocycles. The molecule has 0 heterocycles. The quantitative estimate of drug-likeness (QED) is 0.773. The Morgan fingerprint density at radius 2 is 1.67 bits per heavy atom. The van der Waals surface area contributed by atoms with Gasteiger partial charge in [0.15, 0.2) is 0 Å². The molecule has 0 saturated carbocycles. The van der Waals surface area contributed by atoms with Gasteiger partial charge in [0.05, 0.1) is 6.04 Å². The molecule has 0 fully saturated rings. The molecule has 1 aromatic carbocycles. The molecule has 0 aliphatic heterocycles. The van der Waals surface area contributed by atoms with Gasteiger partial charge in [0.25, 0.3) is 0 Å². The summed E-state index contributed by atoms with van der Waals surface area (Å²) in [7, 11) is 3.78. The Balaban J connectivity index is 2.83. The smallest absolute Gasteiger partial charge is 0.394 e. The summed E-state index contributed by atoms with van der Waals surface area (Å²) in [5.74, 6) is 0.473. The van der Waals surface area contributed by atoms with Gasteiger partial charge in [-0.15, -0.1) is 0 Å². The summed E-state index contributed by atoms with van der Waals surface area (Å²) in [5.41, 5.74) is 6.67. The van der Waals surface area contributed by atoms with Crippen molar-refractivity contribution in [2.75, 3.05) is 28.2 Å². The molecule has 21 heavy (non-hydrogen) atoms. The third kappa shape index (κ3) is 4.64. The molecule has 0 aliphatic rings. The van der Waals surface area contributed by atoms with Gasteiger partial charge < -0.3 is 10.3 Å². The van der Waals surface area contributed by atoms with E-state index in [4.69, 9.17) is 10.3 Å². The summed E-state index contributed by atoms with van der Waals surface area (Å²) in [4.78, 5) is 11.2. The van der Waals surface area contributed by atoms with Crippen LogP contribution in [0.15, 0.2) is 24.3 Å². The Labute approximate surface area is 126 Å². The van der Waals surface area contributed by atoms with Crippen LogP contribution in [0.4, 0.5) is 0 Å². The molecule has 118 valence electrons. The number of nitrogens with zero attached hydrogens (tertiary/aromatic N) is 2. The Bertz CT molecular complexity index is 517. The predicted octanol–water partition coefficient (Wildman–Crippen LogP) is 1.76. The van der Waals surface area contributed by atoms with Crippen LogP contribution in [0.5, 0.6) is 5.75 Å². The van der Waals surface area contributed by atoms with Crippen LogP contribution in [-0.2, 0) is 15.8 Å². The number of nitrogens with two attached hydrogens (primary N) is 1. The molecule has 2 N–H and O–H groups in total. The van der Waals surface area contributed by atoms with Crippen molar-refractivity contribution >= 4 is 13.5 Å². The Kier molecular flexibility index (Phi) is 6.10. The van der Waals surface area contributed by atoms with E-state index in [0.717, 1.165) is 5.56 Å². The molecular weight excluding hydrogens is 289 g/mol. The van der Waals surface area contributed by atoms with Crippen molar-refractivity contribution < 1.29 is 13.9 Å². The van der Waals surface area contributed by atoms with Crippen molar-refractivity contribution in [1.82, 2.24) is 9.34 Å². The Morgan fingerprint density at radius 3 is 2.05 bits per heavy atom. The zero-order valence-corrected chi connectivity index (χ0v) is 14.1. The van der Waals surface area contributed by atoms with Crippen LogP contribution >= 0.6 is 7.67 Å². The normalized spacial score (nSPS) is 13.5. The lowest BCUT2D eigenvalue weighted by atomic mass is 10.0. The SMILES string of the molecule is CC(=O)[C@@H](N)Cc1ccc(OP(=O)(N(C)C)N(C)C)cc1. The number of Topliss-reactive ketones (excluding diaryl/α,β-unsaturated/α-hetero) is 1. The second-order valence-electron chi connectivity index (χ2n) is 5.34. The highest BCUT2D eigenvalue weighted by atomic mass is 31.2. The number of carbonyl (C=O) groups is 1. The average molecular weight is 313 g/mol. The molecule has 7 heteroatoms. The first-order valence-electron chi connectivity index (χ1n) is 6.67. The summed E-state index contributed by atoms with van der Waals surface area (Å²) in [6, 6.07) is 6.64. The fraction of sp³-hybridized carbons (Fsp3) is 0.500. The average Bonchev–Trinajstić information content (AvgIpc) is 2.40. The molecule has 6 nitrogen and oxygen atoms in total. The molecule has 1 rings (SSSR count). The Hall–Kier alpha value is -1.20. The van der Waals surface area contributed by atoms with E-state index in [1.54, 1.807) is 49.7 Å². The van der Waals surface area contributed by atoms with Gasteiger partial charge in [0, 0.05) is 0 Å². The lowest BCUT2D eigenvalue weighted by Crippen LogP contribution is -2.30. The monoisotopic (exact) mass is 313 g/mol. The highest BCUT2D eigenvalue weighted by Crippen LogP contribution is 2.50. The molecular formula is C14H24N3O3P. The van der Waals surface area contributed by atoms with Gasteiger partial charge in [-0.1, -0.05) is 12.1 Å². The minimum absolute atomic E-state index is 0.0416. The van der Waals surface area contributed by atoms with E-state index < -0.39 is 13.7 Å². The standard InChI is InChI=1S/C14H24N3O3P/c1-11(18)14(15)10-12-6-8-13(9-7-12)20-21(19,16(2)3)17(4)5/h6-9,14H,10,15H2,1-5H3/t14-/m0/s1. The van der Waals surface area contributed by atoms with E-state index in [1.807, 2.05) is 12.1 Å². The van der Waals surface area contributed by atoms with Crippen molar-refractivity contribution in [2.45, 2.75) is 19.4 Å². The van der Waals surface area contributed by atoms with Gasteiger partial charge in [-0.3, -0.25) is 4.79 Å². The molecule has 0 aromatic heterocycles. The Morgan fingerprint density at radius 1 is 1.19 bits per heavy atom. The van der Waals surface area contributed by atoms with Gasteiger partial charge in [-0.2, -0.15) is 0 Å². The number of hydrogen-bond acceptors (Lipinski definition) is 4. The minimum Gasteiger partial charge on any atom is -0.422 e. The second-order valence-corrected chi connectivity index (χ2v) is 8.11. The third-order valence-corrected chi connectivity index (χ3v) is 5.61. The summed E-state index contributed by atoms with van der Waals surface area (Å²) in [6.07, 6.45) is 0.481. The number of rotatable bonds is 7. The van der Waals surface area contributed by atoms with Crippen LogP contribution in [0.3, 0.4) is 0 Å². The highest BCUT2D eigenvalue weighted by molar-refractivity contribution is 7.54. The summed E-state index contributed by atoms with van der Waals surface area (Å²) >= 11 is 0. The maximum absolute atomic E-state index is 12.7. The predicted molar refractivity (Wildman–Crippen MR) is 84.4 cm³/mol. The van der Waals surface area contributed by atoms with Crippen molar-refractivity contribution in [3.63, 3.8) is 0 Å². The van der Waals surface area contributed by atoms with Crippen molar-refractivity contribution in [3.8, 4) is 5.75 Å². The zero-order chi connectivity index (χ0) is 16.2. The van der Waals surface area contributed by atoms with E-state index in [9.17, 15) is 9.36 Å². The van der Waals surface area contributed by atoms with E-state index in [2.05, 4.69) is 0 Å². The van der Waals surface area contributed by atoms with E-state index in [0.29, 0.717) is 12.2 Å². The van der Waals surface area contributed by atoms with Gasteiger partial charge >= 0.3 is 7.67 Å². The molecule has 0 saturated heterocycles. The van der Waals surface area contributed by atoms with Crippen LogP contribution < -0.4 is 10.3 Å². The minimum atomic E-state index is -3.06. The number of benzene rings is 1. The molecule has 1 atom stereocenters. The summed E-state index contributed by atoms with van der Waals surface area (Å²) in [5, 5.41) is 0. The number of carbonyl (C=O) groups excluding carboxylic acids is 1. The van der Waals surface area contributed by atoms with Gasteiger partial charge in [-0.25, -0.2) is 13.9 Å². The lowest BCUT2D eigenvalue weighted by Gasteiger charge is -2.29. The number of hydrogen-bond donors (Lipinski definition) is 1. The molecule has 0 unspecified atom stereocenters. The summed E-state index contributed by atoms with van der Waals surface area (Å²) < 4.78 is 21.5. The maximum atomic E-state index is 12.7. The fourth-order valence-corrected chi connectivity index (χ4v) is 3.18. The first-order chi connectivity index (χ1) is 9.66. The molecule has 1 aromatic rings. The molecule has 0 spiro atoms. The van der Waals surface area contributed by atoms with E-state index >= 15 is 0 Å². The van der Waals surface area contributed by atoms with Crippen LogP contribution in [0.25, 0.3) is 0 Å². The molecule has 0 bridgehead atoms. The largest absolute Gasteiger partial charge is 0.422 e. The fourth-order valence-electron chi connectivity index (χ4n) is 1.74. The van der Waals surface area contributed by atoms with Crippen molar-refractivity contribution in [1.29, 1.82) is 0 Å². The first-order valence-corrected chi connectivity index (χ1v) is 8.20. The molecule has 0 radical (unpaired) electrons. The lowest BCUT2D eigenvalue weighted by molar-refractivity contribution is -0.118. The van der Waals surface area contributed by atoms with Crippen molar-refractivity contribution in [3.05, 3.63) is 29.8 Å². The zero-order valence-electron chi connectivity index (χ0n) is 13.2. The van der Waals surface area contributed by atoms with Gasteiger partial charge in [0.1, 0.15) is 11.5 Å². The topological polar surface area (TPSA) is 75.9 Å².